The van der Waals surface area contributed by atoms with Gasteiger partial charge in [0.1, 0.15) is 25.4 Å². The molecule has 312 valence electrons. The molecule has 0 saturated carbocycles. The number of esters is 2. The summed E-state index contributed by atoms with van der Waals surface area (Å²) in [6, 6.07) is 0. The molecule has 2 atom stereocenters. The molecule has 0 aliphatic rings. The molecule has 0 aromatic heterocycles. The van der Waals surface area contributed by atoms with Crippen LogP contribution in [-0.4, -0.2) is 65.7 Å². The zero-order valence-electron chi connectivity index (χ0n) is 33.7. The van der Waals surface area contributed by atoms with E-state index in [0.29, 0.717) is 12.8 Å². The van der Waals surface area contributed by atoms with Crippen LogP contribution in [0.5, 0.6) is 0 Å². The lowest BCUT2D eigenvalue weighted by Crippen LogP contribution is -2.25. The highest BCUT2D eigenvalue weighted by Gasteiger charge is 2.25. The van der Waals surface area contributed by atoms with Gasteiger partial charge in [0.25, 0.3) is 0 Å². The molecule has 0 rings (SSSR count). The second-order valence-corrected chi connectivity index (χ2v) is 15.9. The van der Waals surface area contributed by atoms with E-state index in [1.807, 2.05) is 0 Å². The van der Waals surface area contributed by atoms with Gasteiger partial charge in [0.15, 0.2) is 0 Å². The van der Waals surface area contributed by atoms with Crippen molar-refractivity contribution in [3.8, 4) is 0 Å². The van der Waals surface area contributed by atoms with Gasteiger partial charge in [-0.15, -0.1) is 0 Å². The largest absolute Gasteiger partial charge is 0.472 e. The minimum Gasteiger partial charge on any atom is -0.463 e. The Morgan fingerprint density at radius 2 is 0.755 bits per heavy atom. The summed E-state index contributed by atoms with van der Waals surface area (Å²) >= 11 is 0. The van der Waals surface area contributed by atoms with E-state index in [1.165, 1.54) is 89.9 Å². The Morgan fingerprint density at radius 1 is 0.472 bits per heavy atom. The number of carbonyl (C=O) groups excluding carboxylic acids is 2. The lowest BCUT2D eigenvalue weighted by molar-refractivity contribution is -0.147. The van der Waals surface area contributed by atoms with Crippen molar-refractivity contribution >= 4 is 19.8 Å². The van der Waals surface area contributed by atoms with Gasteiger partial charge in [-0.3, -0.25) is 18.6 Å². The molecule has 0 fully saturated rings. The maximum Gasteiger partial charge on any atom is 0.472 e. The summed E-state index contributed by atoms with van der Waals surface area (Å²) in [5, 5.41) is 20.0. The van der Waals surface area contributed by atoms with E-state index >= 15 is 0 Å². The van der Waals surface area contributed by atoms with Crippen molar-refractivity contribution in [2.24, 2.45) is 0 Å². The number of rotatable bonds is 40. The first-order chi connectivity index (χ1) is 25.7. The van der Waals surface area contributed by atoms with Gasteiger partial charge in [0.05, 0.1) is 13.2 Å². The minimum atomic E-state index is -4.60. The Bertz CT molecular complexity index is 871. The standard InChI is InChI=1S/C42H79O10P/c1-3-5-7-9-11-13-15-17-19-21-23-25-27-29-31-33-41(45)49-35-39(43)37-51-53(47,48)52-38-40(44)36-50-42(46)34-32-30-28-26-24-22-20-18-16-14-12-10-8-6-4-2/h17-20,39-40,43-44H,3-16,21-38H2,1-2H3,(H,47,48)/b19-17-,20-18-/t39-,40-/m1/s1. The molecule has 0 aliphatic heterocycles. The zero-order chi connectivity index (χ0) is 39.1. The van der Waals surface area contributed by atoms with E-state index in [9.17, 15) is 29.3 Å². The van der Waals surface area contributed by atoms with Gasteiger partial charge in [-0.2, -0.15) is 0 Å². The van der Waals surface area contributed by atoms with Crippen LogP contribution >= 0.6 is 7.82 Å². The monoisotopic (exact) mass is 775 g/mol. The van der Waals surface area contributed by atoms with Crippen LogP contribution in [0.1, 0.15) is 194 Å². The molecule has 0 aromatic rings. The number of aliphatic hydroxyl groups excluding tert-OH is 2. The van der Waals surface area contributed by atoms with Crippen LogP contribution in [0.15, 0.2) is 24.3 Å². The van der Waals surface area contributed by atoms with Crippen molar-refractivity contribution in [1.82, 2.24) is 0 Å². The van der Waals surface area contributed by atoms with E-state index in [-0.39, 0.29) is 26.1 Å². The molecule has 0 spiro atoms. The van der Waals surface area contributed by atoms with Crippen molar-refractivity contribution < 1.29 is 47.8 Å². The molecule has 0 radical (unpaired) electrons. The summed E-state index contributed by atoms with van der Waals surface area (Å²) in [6.45, 7) is 2.52. The van der Waals surface area contributed by atoms with Crippen molar-refractivity contribution in [2.45, 2.75) is 206 Å². The fourth-order valence-corrected chi connectivity index (χ4v) is 6.49. The van der Waals surface area contributed by atoms with Gasteiger partial charge in [0, 0.05) is 12.8 Å². The first-order valence-electron chi connectivity index (χ1n) is 21.3. The molecule has 0 aromatic carbocycles. The number of unbranched alkanes of at least 4 members (excludes halogenated alkanes) is 22. The first kappa shape index (κ1) is 51.5. The summed E-state index contributed by atoms with van der Waals surface area (Å²) in [5.74, 6) is -0.889. The molecule has 0 aliphatic carbocycles. The number of aliphatic hydroxyl groups is 2. The number of phosphoric acid groups is 1. The highest BCUT2D eigenvalue weighted by molar-refractivity contribution is 7.47. The molecule has 10 nitrogen and oxygen atoms in total. The Kier molecular flexibility index (Phi) is 37.6. The third-order valence-electron chi connectivity index (χ3n) is 9.02. The zero-order valence-corrected chi connectivity index (χ0v) is 34.6. The highest BCUT2D eigenvalue weighted by atomic mass is 31.2. The summed E-state index contributed by atoms with van der Waals surface area (Å²) in [7, 11) is -4.60. The highest BCUT2D eigenvalue weighted by Crippen LogP contribution is 2.43. The van der Waals surface area contributed by atoms with Gasteiger partial charge < -0.3 is 24.6 Å². The average molecular weight is 775 g/mol. The molecule has 0 heterocycles. The molecule has 0 bridgehead atoms. The van der Waals surface area contributed by atoms with Crippen molar-refractivity contribution in [3.63, 3.8) is 0 Å². The predicted octanol–water partition coefficient (Wildman–Crippen LogP) is 11.0. The number of hydrogen-bond donors (Lipinski definition) is 3. The lowest BCUT2D eigenvalue weighted by atomic mass is 10.1. The van der Waals surface area contributed by atoms with E-state index in [2.05, 4.69) is 38.2 Å². The SMILES string of the molecule is CCCCCCCC/C=C\CCCCCCCC(=O)OC[C@@H](O)COP(=O)(O)OC[C@H](O)COC(=O)CCCCCCC/C=C\CCCCCCCC. The van der Waals surface area contributed by atoms with E-state index < -0.39 is 45.2 Å². The van der Waals surface area contributed by atoms with Crippen LogP contribution in [0.25, 0.3) is 0 Å². The van der Waals surface area contributed by atoms with Gasteiger partial charge in [-0.05, 0) is 64.2 Å². The smallest absolute Gasteiger partial charge is 0.463 e. The number of phosphoric ester groups is 1. The molecule has 11 heteroatoms. The maximum absolute atomic E-state index is 12.1. The van der Waals surface area contributed by atoms with Crippen molar-refractivity contribution in [1.29, 1.82) is 0 Å². The van der Waals surface area contributed by atoms with Gasteiger partial charge in [-0.1, -0.05) is 141 Å². The molecule has 53 heavy (non-hydrogen) atoms. The molecule has 0 amide bonds. The van der Waals surface area contributed by atoms with Crippen molar-refractivity contribution in [2.75, 3.05) is 26.4 Å². The quantitative estimate of drug-likeness (QED) is 0.0238. The Morgan fingerprint density at radius 3 is 1.08 bits per heavy atom. The van der Waals surface area contributed by atoms with Crippen LogP contribution in [-0.2, 0) is 32.7 Å². The second kappa shape index (κ2) is 38.7. The number of allylic oxidation sites excluding steroid dienone is 4. The fraction of sp³-hybridized carbons (Fsp3) is 0.857. The van der Waals surface area contributed by atoms with Crippen LogP contribution in [0.3, 0.4) is 0 Å². The number of hydrogen-bond acceptors (Lipinski definition) is 9. The molecule has 0 saturated heterocycles. The van der Waals surface area contributed by atoms with Crippen LogP contribution in [0, 0.1) is 0 Å². The topological polar surface area (TPSA) is 149 Å². The number of ether oxygens (including phenoxy) is 2. The maximum atomic E-state index is 12.1. The van der Waals surface area contributed by atoms with Crippen LogP contribution < -0.4 is 0 Å². The van der Waals surface area contributed by atoms with Crippen LogP contribution in [0.4, 0.5) is 0 Å². The second-order valence-electron chi connectivity index (χ2n) is 14.4. The van der Waals surface area contributed by atoms with Crippen LogP contribution in [0.2, 0.25) is 0 Å². The average Bonchev–Trinajstić information content (AvgIpc) is 3.14. The lowest BCUT2D eigenvalue weighted by Gasteiger charge is -2.17. The molecular formula is C42H79O10P. The summed E-state index contributed by atoms with van der Waals surface area (Å²) < 4.78 is 31.7. The third-order valence-corrected chi connectivity index (χ3v) is 9.97. The molecule has 3 N–H and O–H groups in total. The first-order valence-corrected chi connectivity index (χ1v) is 22.8. The molecule has 0 unspecified atom stereocenters. The normalized spacial score (nSPS) is 13.2. The molecular weight excluding hydrogens is 695 g/mol. The Hall–Kier alpha value is -1.55. The summed E-state index contributed by atoms with van der Waals surface area (Å²) in [4.78, 5) is 33.8. The summed E-state index contributed by atoms with van der Waals surface area (Å²) in [6.07, 6.45) is 37.3. The van der Waals surface area contributed by atoms with Crippen molar-refractivity contribution in [3.05, 3.63) is 24.3 Å². The Balaban J connectivity index is 3.71. The Labute approximate surface area is 323 Å². The minimum absolute atomic E-state index is 0.243. The van der Waals surface area contributed by atoms with E-state index in [4.69, 9.17) is 18.5 Å². The number of carbonyl (C=O) groups is 2. The van der Waals surface area contributed by atoms with Gasteiger partial charge >= 0.3 is 19.8 Å². The summed E-state index contributed by atoms with van der Waals surface area (Å²) in [5.41, 5.74) is 0. The van der Waals surface area contributed by atoms with E-state index in [1.54, 1.807) is 0 Å². The van der Waals surface area contributed by atoms with E-state index in [0.717, 1.165) is 64.2 Å². The predicted molar refractivity (Wildman–Crippen MR) is 215 cm³/mol. The fourth-order valence-electron chi connectivity index (χ4n) is 5.70. The third kappa shape index (κ3) is 39.9. The van der Waals surface area contributed by atoms with Gasteiger partial charge in [-0.25, -0.2) is 4.57 Å². The van der Waals surface area contributed by atoms with Gasteiger partial charge in [0.2, 0.25) is 0 Å².